The van der Waals surface area contributed by atoms with Gasteiger partial charge in [0, 0.05) is 0 Å². The van der Waals surface area contributed by atoms with Gasteiger partial charge in [0.25, 0.3) is 0 Å². The van der Waals surface area contributed by atoms with Gasteiger partial charge in [0.1, 0.15) is 0 Å². The Hall–Kier alpha value is -0.0800. The Bertz CT molecular complexity index is 191. The van der Waals surface area contributed by atoms with Gasteiger partial charge in [-0.3, -0.25) is 0 Å². The number of ether oxygens (including phenoxy) is 1. The normalized spacial score (nSPS) is 25.9. The Morgan fingerprint density at radius 3 is 2.75 bits per heavy atom. The Kier molecular flexibility index (Phi) is 5.77. The van der Waals surface area contributed by atoms with E-state index < -0.39 is 0 Å². The molecule has 96 valence electrons. The minimum absolute atomic E-state index is 0.133. The van der Waals surface area contributed by atoms with Crippen LogP contribution in [0.1, 0.15) is 59.8 Å². The number of nitrogens with one attached hydrogen (secondary N) is 1. The van der Waals surface area contributed by atoms with E-state index in [1.807, 2.05) is 0 Å². The fourth-order valence-corrected chi connectivity index (χ4v) is 2.38. The first-order valence-corrected chi connectivity index (χ1v) is 6.92. The van der Waals surface area contributed by atoms with Gasteiger partial charge < -0.3 is 10.1 Å². The molecule has 0 radical (unpaired) electrons. The minimum atomic E-state index is 0.133. The van der Waals surface area contributed by atoms with Crippen LogP contribution in [-0.2, 0) is 4.74 Å². The summed E-state index contributed by atoms with van der Waals surface area (Å²) in [5, 5.41) is 3.49. The van der Waals surface area contributed by atoms with Crippen molar-refractivity contribution in [3.05, 3.63) is 0 Å². The minimum Gasteiger partial charge on any atom is -0.372 e. The van der Waals surface area contributed by atoms with E-state index in [1.165, 1.54) is 32.1 Å². The summed E-state index contributed by atoms with van der Waals surface area (Å²) in [5.41, 5.74) is 0.133. The van der Waals surface area contributed by atoms with Gasteiger partial charge in [0.15, 0.2) is 0 Å². The molecule has 0 aromatic rings. The lowest BCUT2D eigenvalue weighted by atomic mass is 10.00. The average molecular weight is 227 g/mol. The van der Waals surface area contributed by atoms with Crippen molar-refractivity contribution in [1.29, 1.82) is 0 Å². The summed E-state index contributed by atoms with van der Waals surface area (Å²) in [7, 11) is 0. The van der Waals surface area contributed by atoms with E-state index in [0.717, 1.165) is 19.0 Å². The summed E-state index contributed by atoms with van der Waals surface area (Å²) < 4.78 is 6.00. The van der Waals surface area contributed by atoms with E-state index in [2.05, 4.69) is 33.0 Å². The summed E-state index contributed by atoms with van der Waals surface area (Å²) in [4.78, 5) is 0. The fraction of sp³-hybridized carbons (Fsp3) is 1.00. The standard InChI is InChI=1S/C14H29NO/c1-5-10-15-11-12(2)6-7-13-8-9-14(3,4)16-13/h12-13,15H,5-11H2,1-4H3. The van der Waals surface area contributed by atoms with Gasteiger partial charge in [0.2, 0.25) is 0 Å². The molecule has 2 unspecified atom stereocenters. The van der Waals surface area contributed by atoms with E-state index >= 15 is 0 Å². The van der Waals surface area contributed by atoms with Gasteiger partial charge in [-0.05, 0) is 65.0 Å². The zero-order valence-electron chi connectivity index (χ0n) is 11.5. The van der Waals surface area contributed by atoms with E-state index in [-0.39, 0.29) is 5.60 Å². The first-order valence-electron chi connectivity index (χ1n) is 6.92. The quantitative estimate of drug-likeness (QED) is 0.673. The molecule has 1 heterocycles. The van der Waals surface area contributed by atoms with Crippen LogP contribution < -0.4 is 5.32 Å². The van der Waals surface area contributed by atoms with Gasteiger partial charge in [-0.15, -0.1) is 0 Å². The summed E-state index contributed by atoms with van der Waals surface area (Å²) in [6.45, 7) is 11.3. The molecule has 2 heteroatoms. The molecule has 0 spiro atoms. The molecule has 0 amide bonds. The lowest BCUT2D eigenvalue weighted by molar-refractivity contribution is -0.0202. The zero-order valence-corrected chi connectivity index (χ0v) is 11.5. The van der Waals surface area contributed by atoms with Crippen LogP contribution in [0.5, 0.6) is 0 Å². The van der Waals surface area contributed by atoms with Crippen LogP contribution in [0.3, 0.4) is 0 Å². The van der Waals surface area contributed by atoms with Crippen LogP contribution >= 0.6 is 0 Å². The summed E-state index contributed by atoms with van der Waals surface area (Å²) in [5.74, 6) is 0.777. The third kappa shape index (κ3) is 5.31. The molecule has 1 aliphatic heterocycles. The van der Waals surface area contributed by atoms with Gasteiger partial charge in [-0.1, -0.05) is 13.8 Å². The van der Waals surface area contributed by atoms with Gasteiger partial charge in [0.05, 0.1) is 11.7 Å². The topological polar surface area (TPSA) is 21.3 Å². The maximum atomic E-state index is 6.00. The molecule has 16 heavy (non-hydrogen) atoms. The second-order valence-electron chi connectivity index (χ2n) is 5.92. The highest BCUT2D eigenvalue weighted by atomic mass is 16.5. The van der Waals surface area contributed by atoms with Crippen molar-refractivity contribution in [2.45, 2.75) is 71.5 Å². The molecular weight excluding hydrogens is 198 g/mol. The lowest BCUT2D eigenvalue weighted by Gasteiger charge is -2.20. The molecule has 0 saturated carbocycles. The van der Waals surface area contributed by atoms with Crippen LogP contribution in [0.15, 0.2) is 0 Å². The molecule has 0 bridgehead atoms. The molecule has 1 aliphatic rings. The SMILES string of the molecule is CCCNCC(C)CCC1CCC(C)(C)O1. The molecule has 2 nitrogen and oxygen atoms in total. The van der Waals surface area contributed by atoms with Gasteiger partial charge in [-0.25, -0.2) is 0 Å². The van der Waals surface area contributed by atoms with Crippen molar-refractivity contribution in [3.8, 4) is 0 Å². The van der Waals surface area contributed by atoms with Crippen molar-refractivity contribution in [2.24, 2.45) is 5.92 Å². The van der Waals surface area contributed by atoms with E-state index in [0.29, 0.717) is 6.10 Å². The zero-order chi connectivity index (χ0) is 12.0. The van der Waals surface area contributed by atoms with Crippen LogP contribution in [0.25, 0.3) is 0 Å². The maximum Gasteiger partial charge on any atom is 0.0631 e. The molecule has 2 atom stereocenters. The third-order valence-corrected chi connectivity index (χ3v) is 3.46. The molecular formula is C14H29NO. The van der Waals surface area contributed by atoms with Crippen molar-refractivity contribution >= 4 is 0 Å². The fourth-order valence-electron chi connectivity index (χ4n) is 2.38. The summed E-state index contributed by atoms with van der Waals surface area (Å²) in [6, 6.07) is 0. The molecule has 0 aromatic heterocycles. The van der Waals surface area contributed by atoms with E-state index in [9.17, 15) is 0 Å². The molecule has 0 aromatic carbocycles. The van der Waals surface area contributed by atoms with Crippen molar-refractivity contribution < 1.29 is 4.74 Å². The number of hydrogen-bond acceptors (Lipinski definition) is 2. The van der Waals surface area contributed by atoms with E-state index in [4.69, 9.17) is 4.74 Å². The maximum absolute atomic E-state index is 6.00. The van der Waals surface area contributed by atoms with Crippen molar-refractivity contribution in [3.63, 3.8) is 0 Å². The average Bonchev–Trinajstić information content (AvgIpc) is 2.56. The third-order valence-electron chi connectivity index (χ3n) is 3.46. The first kappa shape index (κ1) is 14.0. The highest BCUT2D eigenvalue weighted by Crippen LogP contribution is 2.32. The first-order chi connectivity index (χ1) is 7.53. The number of rotatable bonds is 7. The predicted molar refractivity (Wildman–Crippen MR) is 69.7 cm³/mol. The highest BCUT2D eigenvalue weighted by Gasteiger charge is 2.31. The Labute approximate surface area is 101 Å². The largest absolute Gasteiger partial charge is 0.372 e. The smallest absolute Gasteiger partial charge is 0.0631 e. The molecule has 1 rings (SSSR count). The van der Waals surface area contributed by atoms with Crippen molar-refractivity contribution in [2.75, 3.05) is 13.1 Å². The summed E-state index contributed by atoms with van der Waals surface area (Å²) >= 11 is 0. The summed E-state index contributed by atoms with van der Waals surface area (Å²) in [6.07, 6.45) is 6.74. The highest BCUT2D eigenvalue weighted by molar-refractivity contribution is 4.81. The Morgan fingerprint density at radius 1 is 1.44 bits per heavy atom. The molecule has 1 N–H and O–H groups in total. The van der Waals surface area contributed by atoms with E-state index in [1.54, 1.807) is 0 Å². The monoisotopic (exact) mass is 227 g/mol. The van der Waals surface area contributed by atoms with Gasteiger partial charge in [-0.2, -0.15) is 0 Å². The number of hydrogen-bond donors (Lipinski definition) is 1. The Balaban J connectivity index is 2.06. The molecule has 1 saturated heterocycles. The molecule has 0 aliphatic carbocycles. The lowest BCUT2D eigenvalue weighted by Crippen LogP contribution is -2.23. The predicted octanol–water partition coefficient (Wildman–Crippen LogP) is 3.36. The van der Waals surface area contributed by atoms with Crippen LogP contribution in [0, 0.1) is 5.92 Å². The molecule has 1 fully saturated rings. The van der Waals surface area contributed by atoms with Gasteiger partial charge >= 0.3 is 0 Å². The van der Waals surface area contributed by atoms with Crippen molar-refractivity contribution in [1.82, 2.24) is 5.32 Å². The second kappa shape index (κ2) is 6.61. The van der Waals surface area contributed by atoms with Crippen LogP contribution in [0.4, 0.5) is 0 Å². The second-order valence-corrected chi connectivity index (χ2v) is 5.92. The Morgan fingerprint density at radius 2 is 2.19 bits per heavy atom. The van der Waals surface area contributed by atoms with Crippen LogP contribution in [-0.4, -0.2) is 24.8 Å². The van der Waals surface area contributed by atoms with Crippen LogP contribution in [0.2, 0.25) is 0 Å².